The molecule has 0 unspecified atom stereocenters. The normalized spacial score (nSPS) is 15.4. The van der Waals surface area contributed by atoms with Crippen LogP contribution in [0.1, 0.15) is 15.2 Å². The van der Waals surface area contributed by atoms with Gasteiger partial charge < -0.3 is 23.8 Å². The van der Waals surface area contributed by atoms with Crippen molar-refractivity contribution in [1.82, 2.24) is 19.6 Å². The summed E-state index contributed by atoms with van der Waals surface area (Å²) in [7, 11) is 5.14. The second-order valence-electron chi connectivity index (χ2n) is 9.13. The van der Waals surface area contributed by atoms with E-state index in [1.807, 2.05) is 53.0 Å². The van der Waals surface area contributed by atoms with Gasteiger partial charge in [0.05, 0.1) is 19.1 Å². The Morgan fingerprint density at radius 1 is 0.973 bits per heavy atom. The van der Waals surface area contributed by atoms with Crippen LogP contribution in [-0.2, 0) is 13.6 Å². The van der Waals surface area contributed by atoms with Crippen molar-refractivity contribution in [3.8, 4) is 34.3 Å². The molecule has 2 aliphatic heterocycles. The van der Waals surface area contributed by atoms with Gasteiger partial charge in [-0.15, -0.1) is 11.3 Å². The lowest BCUT2D eigenvalue weighted by Gasteiger charge is -2.34. The number of hydrogen-bond donors (Lipinski definition) is 0. The van der Waals surface area contributed by atoms with Gasteiger partial charge in [0.1, 0.15) is 10.5 Å². The van der Waals surface area contributed by atoms with Crippen LogP contribution in [0.5, 0.6) is 23.0 Å². The molecule has 0 spiro atoms. The van der Waals surface area contributed by atoms with Crippen LogP contribution in [0.15, 0.2) is 42.5 Å². The van der Waals surface area contributed by atoms with Crippen molar-refractivity contribution in [1.29, 1.82) is 0 Å². The fourth-order valence-corrected chi connectivity index (χ4v) is 5.95. The molecule has 0 radical (unpaired) electrons. The Balaban J connectivity index is 1.16. The van der Waals surface area contributed by atoms with Crippen molar-refractivity contribution >= 4 is 27.5 Å². The van der Waals surface area contributed by atoms with Crippen LogP contribution in [-0.4, -0.2) is 72.7 Å². The Morgan fingerprint density at radius 2 is 1.76 bits per heavy atom. The maximum absolute atomic E-state index is 13.4. The van der Waals surface area contributed by atoms with Crippen molar-refractivity contribution in [3.05, 3.63) is 52.9 Å². The van der Waals surface area contributed by atoms with E-state index in [1.165, 1.54) is 16.9 Å². The van der Waals surface area contributed by atoms with E-state index in [-0.39, 0.29) is 12.7 Å². The molecule has 192 valence electrons. The number of aryl methyl sites for hydroxylation is 1. The molecule has 9 nitrogen and oxygen atoms in total. The molecule has 2 aliphatic rings. The fraction of sp³-hybridized carbons (Fsp3) is 0.333. The average Bonchev–Trinajstić information content (AvgIpc) is 3.65. The van der Waals surface area contributed by atoms with E-state index in [1.54, 1.807) is 14.2 Å². The van der Waals surface area contributed by atoms with Gasteiger partial charge in [-0.1, -0.05) is 6.07 Å². The minimum atomic E-state index is 0.0715. The van der Waals surface area contributed by atoms with Crippen molar-refractivity contribution in [2.24, 2.45) is 7.05 Å². The molecule has 2 aromatic carbocycles. The summed E-state index contributed by atoms with van der Waals surface area (Å²) >= 11 is 1.49. The number of rotatable bonds is 6. The fourth-order valence-electron chi connectivity index (χ4n) is 4.91. The third kappa shape index (κ3) is 4.36. The summed E-state index contributed by atoms with van der Waals surface area (Å²) < 4.78 is 23.6. The SMILES string of the molecule is COc1ccc(-c2nn(C)c3sc(C(=O)N4CCN(Cc5ccc6c(c5)OCO6)CC4)cc23)cc1OC. The largest absolute Gasteiger partial charge is 0.493 e. The van der Waals surface area contributed by atoms with Gasteiger partial charge in [-0.05, 0) is 42.0 Å². The predicted octanol–water partition coefficient (Wildman–Crippen LogP) is 4.01. The molecular weight excluding hydrogens is 492 g/mol. The molecule has 0 saturated carbocycles. The predicted molar refractivity (Wildman–Crippen MR) is 141 cm³/mol. The van der Waals surface area contributed by atoms with Crippen LogP contribution < -0.4 is 18.9 Å². The van der Waals surface area contributed by atoms with Gasteiger partial charge in [-0.3, -0.25) is 14.4 Å². The zero-order chi connectivity index (χ0) is 25.5. The van der Waals surface area contributed by atoms with Gasteiger partial charge in [0.15, 0.2) is 23.0 Å². The minimum absolute atomic E-state index is 0.0715. The summed E-state index contributed by atoms with van der Waals surface area (Å²) in [5, 5.41) is 5.68. The second-order valence-corrected chi connectivity index (χ2v) is 10.2. The number of carbonyl (C=O) groups excluding carboxylic acids is 1. The molecule has 2 aromatic heterocycles. The highest BCUT2D eigenvalue weighted by molar-refractivity contribution is 7.20. The Morgan fingerprint density at radius 3 is 2.54 bits per heavy atom. The molecule has 0 bridgehead atoms. The first-order valence-corrected chi connectivity index (χ1v) is 12.9. The first kappa shape index (κ1) is 23.6. The van der Waals surface area contributed by atoms with Crippen molar-refractivity contribution < 1.29 is 23.7 Å². The number of ether oxygens (including phenoxy) is 4. The van der Waals surface area contributed by atoms with E-state index < -0.39 is 0 Å². The van der Waals surface area contributed by atoms with Gasteiger partial charge in [-0.2, -0.15) is 5.10 Å². The molecular formula is C27H28N4O5S. The molecule has 6 rings (SSSR count). The number of nitrogens with zero attached hydrogens (tertiary/aromatic N) is 4. The Kier molecular flexibility index (Phi) is 6.13. The average molecular weight is 521 g/mol. The van der Waals surface area contributed by atoms with E-state index in [0.717, 1.165) is 57.5 Å². The molecule has 4 heterocycles. The zero-order valence-corrected chi connectivity index (χ0v) is 21.8. The molecule has 0 aliphatic carbocycles. The highest BCUT2D eigenvalue weighted by Crippen LogP contribution is 2.38. The molecule has 0 N–H and O–H groups in total. The van der Waals surface area contributed by atoms with Gasteiger partial charge in [0.25, 0.3) is 5.91 Å². The number of piperazine rings is 1. The van der Waals surface area contributed by atoms with Crippen LogP contribution >= 0.6 is 11.3 Å². The Labute approximate surface area is 218 Å². The number of amides is 1. The van der Waals surface area contributed by atoms with Crippen molar-refractivity contribution in [2.45, 2.75) is 6.54 Å². The third-order valence-electron chi connectivity index (χ3n) is 6.88. The first-order valence-electron chi connectivity index (χ1n) is 12.1. The van der Waals surface area contributed by atoms with E-state index in [0.29, 0.717) is 24.6 Å². The monoisotopic (exact) mass is 520 g/mol. The smallest absolute Gasteiger partial charge is 0.264 e. The van der Waals surface area contributed by atoms with Crippen molar-refractivity contribution in [3.63, 3.8) is 0 Å². The number of benzene rings is 2. The van der Waals surface area contributed by atoms with Gasteiger partial charge >= 0.3 is 0 Å². The zero-order valence-electron chi connectivity index (χ0n) is 21.0. The van der Waals surface area contributed by atoms with Crippen LogP contribution in [0.2, 0.25) is 0 Å². The summed E-state index contributed by atoms with van der Waals surface area (Å²) in [6.07, 6.45) is 0. The molecule has 1 fully saturated rings. The van der Waals surface area contributed by atoms with Gasteiger partial charge in [-0.25, -0.2) is 0 Å². The molecule has 4 aromatic rings. The Hall–Kier alpha value is -3.76. The summed E-state index contributed by atoms with van der Waals surface area (Å²) in [6, 6.07) is 13.8. The van der Waals surface area contributed by atoms with Crippen LogP contribution in [0.25, 0.3) is 21.5 Å². The van der Waals surface area contributed by atoms with E-state index in [9.17, 15) is 4.79 Å². The first-order chi connectivity index (χ1) is 18.0. The highest BCUT2D eigenvalue weighted by atomic mass is 32.1. The van der Waals surface area contributed by atoms with Crippen LogP contribution in [0.3, 0.4) is 0 Å². The number of thiophene rings is 1. The van der Waals surface area contributed by atoms with Gasteiger partial charge in [0, 0.05) is 50.7 Å². The Bertz CT molecular complexity index is 1470. The highest BCUT2D eigenvalue weighted by Gasteiger charge is 2.26. The number of methoxy groups -OCH3 is 2. The van der Waals surface area contributed by atoms with E-state index >= 15 is 0 Å². The molecule has 1 saturated heterocycles. The summed E-state index contributed by atoms with van der Waals surface area (Å²) in [4.78, 5) is 19.4. The lowest BCUT2D eigenvalue weighted by Crippen LogP contribution is -2.48. The molecule has 0 atom stereocenters. The number of aromatic nitrogens is 2. The molecule has 10 heteroatoms. The number of fused-ring (bicyclic) bond motifs is 2. The van der Waals surface area contributed by atoms with Crippen LogP contribution in [0.4, 0.5) is 0 Å². The number of carbonyl (C=O) groups is 1. The second kappa shape index (κ2) is 9.60. The topological polar surface area (TPSA) is 78.3 Å². The van der Waals surface area contributed by atoms with Gasteiger partial charge in [0.2, 0.25) is 6.79 Å². The van der Waals surface area contributed by atoms with Crippen LogP contribution in [0, 0.1) is 0 Å². The summed E-state index contributed by atoms with van der Waals surface area (Å²) in [5.41, 5.74) is 2.92. The standard InChI is InChI=1S/C27H28N4O5S/c1-29-27-19(25(28-29)18-5-7-20(33-2)22(13-18)34-3)14-24(37-27)26(32)31-10-8-30(9-11-31)15-17-4-6-21-23(12-17)36-16-35-21/h4-7,12-14H,8-11,15-16H2,1-3H3. The van der Waals surface area contributed by atoms with Crippen molar-refractivity contribution in [2.75, 3.05) is 47.2 Å². The summed E-state index contributed by atoms with van der Waals surface area (Å²) in [5.74, 6) is 2.98. The lowest BCUT2D eigenvalue weighted by atomic mass is 10.1. The number of hydrogen-bond acceptors (Lipinski definition) is 8. The lowest BCUT2D eigenvalue weighted by molar-refractivity contribution is 0.0633. The maximum atomic E-state index is 13.4. The van der Waals surface area contributed by atoms with E-state index in [2.05, 4.69) is 11.0 Å². The minimum Gasteiger partial charge on any atom is -0.493 e. The quantitative estimate of drug-likeness (QED) is 0.380. The molecule has 37 heavy (non-hydrogen) atoms. The summed E-state index contributed by atoms with van der Waals surface area (Å²) in [6.45, 7) is 4.13. The van der Waals surface area contributed by atoms with E-state index in [4.69, 9.17) is 24.0 Å². The molecule has 1 amide bonds. The maximum Gasteiger partial charge on any atom is 0.264 e. The third-order valence-corrected chi connectivity index (χ3v) is 8.07.